The van der Waals surface area contributed by atoms with Crippen molar-refractivity contribution in [3.63, 3.8) is 0 Å². The van der Waals surface area contributed by atoms with Crippen LogP contribution in [-0.2, 0) is 16.6 Å². The molecule has 0 saturated heterocycles. The van der Waals surface area contributed by atoms with Crippen molar-refractivity contribution in [3.05, 3.63) is 23.4 Å². The zero-order chi connectivity index (χ0) is 14.5. The molecule has 20 heavy (non-hydrogen) atoms. The Morgan fingerprint density at radius 1 is 1.50 bits per heavy atom. The normalized spacial score (nSPS) is 10.3. The third kappa shape index (κ3) is 3.24. The van der Waals surface area contributed by atoms with Gasteiger partial charge in [-0.1, -0.05) is 11.6 Å². The van der Waals surface area contributed by atoms with Gasteiger partial charge in [-0.2, -0.15) is 4.98 Å². The van der Waals surface area contributed by atoms with Crippen LogP contribution in [0, 0.1) is 0 Å². The quantitative estimate of drug-likeness (QED) is 0.778. The molecule has 0 radical (unpaired) electrons. The molecule has 0 N–H and O–H groups in total. The first-order chi connectivity index (χ1) is 9.61. The van der Waals surface area contributed by atoms with Gasteiger partial charge in [0.25, 0.3) is 0 Å². The number of hydrogen-bond donors (Lipinski definition) is 0. The third-order valence-electron chi connectivity index (χ3n) is 2.34. The average molecular weight is 297 g/mol. The Morgan fingerprint density at radius 2 is 2.30 bits per heavy atom. The number of ether oxygens (including phenoxy) is 2. The zero-order valence-electron chi connectivity index (χ0n) is 11.0. The molecule has 0 fully saturated rings. The Hall–Kier alpha value is -2.15. The summed E-state index contributed by atoms with van der Waals surface area (Å²) in [5.41, 5.74) is 0.496. The van der Waals surface area contributed by atoms with Crippen LogP contribution in [0.15, 0.2) is 18.3 Å². The molecule has 0 spiro atoms. The number of rotatable bonds is 5. The lowest BCUT2D eigenvalue weighted by atomic mass is 10.3. The fourth-order valence-electron chi connectivity index (χ4n) is 1.50. The lowest BCUT2D eigenvalue weighted by Gasteiger charge is -2.00. The van der Waals surface area contributed by atoms with Gasteiger partial charge in [-0.3, -0.25) is 4.98 Å². The summed E-state index contributed by atoms with van der Waals surface area (Å²) in [7, 11) is 1.69. The minimum atomic E-state index is -0.475. The van der Waals surface area contributed by atoms with E-state index in [0.29, 0.717) is 23.1 Å². The number of carbonyl (C=O) groups excluding carboxylic acids is 1. The van der Waals surface area contributed by atoms with Crippen molar-refractivity contribution < 1.29 is 14.3 Å². The van der Waals surface area contributed by atoms with Crippen molar-refractivity contribution in [2.24, 2.45) is 7.05 Å². The average Bonchev–Trinajstić information content (AvgIpc) is 2.79. The largest absolute Gasteiger partial charge is 0.463 e. The second kappa shape index (κ2) is 6.33. The van der Waals surface area contributed by atoms with Crippen LogP contribution in [0.25, 0.3) is 11.5 Å². The summed E-state index contributed by atoms with van der Waals surface area (Å²) in [6.07, 6.45) is 1.61. The van der Waals surface area contributed by atoms with Crippen LogP contribution >= 0.6 is 11.6 Å². The van der Waals surface area contributed by atoms with Gasteiger partial charge in [-0.05, 0) is 19.1 Å². The lowest BCUT2D eigenvalue weighted by molar-refractivity contribution is -0.145. The Balaban J connectivity index is 2.14. The summed E-state index contributed by atoms with van der Waals surface area (Å²) < 4.78 is 11.4. The summed E-state index contributed by atoms with van der Waals surface area (Å²) in [5.74, 6) is -0.0215. The van der Waals surface area contributed by atoms with E-state index in [-0.39, 0.29) is 12.6 Å². The van der Waals surface area contributed by atoms with E-state index in [9.17, 15) is 4.79 Å². The monoisotopic (exact) mass is 296 g/mol. The van der Waals surface area contributed by atoms with Gasteiger partial charge >= 0.3 is 12.0 Å². The van der Waals surface area contributed by atoms with Gasteiger partial charge in [0.15, 0.2) is 12.4 Å². The number of hydrogen-bond acceptors (Lipinski definition) is 6. The van der Waals surface area contributed by atoms with Crippen LogP contribution in [0.3, 0.4) is 0 Å². The standard InChI is InChI=1S/C12H13ClN4O3/c1-3-19-9(18)7-20-12-15-11(17(2)16-12)10-8(13)5-4-6-14-10/h4-6H,3,7H2,1-2H3. The highest BCUT2D eigenvalue weighted by Gasteiger charge is 2.15. The van der Waals surface area contributed by atoms with E-state index in [1.54, 1.807) is 32.3 Å². The molecule has 2 heterocycles. The summed E-state index contributed by atoms with van der Waals surface area (Å²) in [5, 5.41) is 4.50. The molecule has 2 aromatic rings. The maximum absolute atomic E-state index is 11.2. The molecule has 8 heteroatoms. The van der Waals surface area contributed by atoms with Crippen molar-refractivity contribution >= 4 is 17.6 Å². The van der Waals surface area contributed by atoms with Crippen molar-refractivity contribution in [2.75, 3.05) is 13.2 Å². The Morgan fingerprint density at radius 3 is 3.00 bits per heavy atom. The Bertz CT molecular complexity index is 614. The minimum Gasteiger partial charge on any atom is -0.463 e. The number of aromatic nitrogens is 4. The molecular formula is C12H13ClN4O3. The molecule has 0 amide bonds. The van der Waals surface area contributed by atoms with Crippen molar-refractivity contribution in [1.82, 2.24) is 19.7 Å². The second-order valence-corrected chi connectivity index (χ2v) is 4.18. The molecular weight excluding hydrogens is 284 g/mol. The lowest BCUT2D eigenvalue weighted by Crippen LogP contribution is -2.15. The summed E-state index contributed by atoms with van der Waals surface area (Å²) in [6, 6.07) is 3.50. The van der Waals surface area contributed by atoms with E-state index >= 15 is 0 Å². The summed E-state index contributed by atoms with van der Waals surface area (Å²) in [6.45, 7) is 1.78. The molecule has 0 aliphatic heterocycles. The fraction of sp³-hybridized carbons (Fsp3) is 0.333. The summed E-state index contributed by atoms with van der Waals surface area (Å²) in [4.78, 5) is 19.5. The molecule has 0 atom stereocenters. The van der Waals surface area contributed by atoms with Crippen molar-refractivity contribution in [3.8, 4) is 17.5 Å². The van der Waals surface area contributed by atoms with Crippen molar-refractivity contribution in [2.45, 2.75) is 6.92 Å². The first kappa shape index (κ1) is 14.3. The fourth-order valence-corrected chi connectivity index (χ4v) is 1.71. The Labute approximate surface area is 120 Å². The number of nitrogens with zero attached hydrogens (tertiary/aromatic N) is 4. The molecule has 0 bridgehead atoms. The molecule has 106 valence electrons. The molecule has 0 unspecified atom stereocenters. The molecule has 0 aromatic carbocycles. The molecule has 0 aliphatic carbocycles. The molecule has 0 saturated carbocycles. The van der Waals surface area contributed by atoms with Gasteiger partial charge in [0.2, 0.25) is 0 Å². The van der Waals surface area contributed by atoms with Gasteiger partial charge in [-0.25, -0.2) is 9.48 Å². The highest BCUT2D eigenvalue weighted by molar-refractivity contribution is 6.32. The minimum absolute atomic E-state index is 0.0669. The first-order valence-electron chi connectivity index (χ1n) is 5.92. The van der Waals surface area contributed by atoms with E-state index in [1.165, 1.54) is 4.68 Å². The highest BCUT2D eigenvalue weighted by atomic mass is 35.5. The smallest absolute Gasteiger partial charge is 0.344 e. The number of carbonyl (C=O) groups is 1. The molecule has 2 rings (SSSR count). The van der Waals surface area contributed by atoms with Crippen LogP contribution in [0.5, 0.6) is 6.01 Å². The van der Waals surface area contributed by atoms with Crippen LogP contribution in [0.4, 0.5) is 0 Å². The second-order valence-electron chi connectivity index (χ2n) is 3.77. The van der Waals surface area contributed by atoms with E-state index in [0.717, 1.165) is 0 Å². The molecule has 7 nitrogen and oxygen atoms in total. The van der Waals surface area contributed by atoms with Gasteiger partial charge in [0.1, 0.15) is 5.69 Å². The maximum Gasteiger partial charge on any atom is 0.344 e. The molecule has 0 aliphatic rings. The topological polar surface area (TPSA) is 79.1 Å². The highest BCUT2D eigenvalue weighted by Crippen LogP contribution is 2.24. The van der Waals surface area contributed by atoms with E-state index in [4.69, 9.17) is 21.1 Å². The predicted molar refractivity (Wildman–Crippen MR) is 71.4 cm³/mol. The molecule has 2 aromatic heterocycles. The summed E-state index contributed by atoms with van der Waals surface area (Å²) >= 11 is 6.05. The van der Waals surface area contributed by atoms with E-state index in [2.05, 4.69) is 15.1 Å². The number of halogens is 1. The SMILES string of the molecule is CCOC(=O)COc1nc(-c2ncccc2Cl)n(C)n1. The number of pyridine rings is 1. The van der Waals surface area contributed by atoms with Crippen molar-refractivity contribution in [1.29, 1.82) is 0 Å². The van der Waals surface area contributed by atoms with Gasteiger partial charge < -0.3 is 9.47 Å². The predicted octanol–water partition coefficient (Wildman–Crippen LogP) is 1.47. The van der Waals surface area contributed by atoms with Crippen LogP contribution in [0.2, 0.25) is 5.02 Å². The number of aryl methyl sites for hydroxylation is 1. The first-order valence-corrected chi connectivity index (χ1v) is 6.30. The van der Waals surface area contributed by atoms with Gasteiger partial charge in [0, 0.05) is 13.2 Å². The van der Waals surface area contributed by atoms with Gasteiger partial charge in [0.05, 0.1) is 11.6 Å². The van der Waals surface area contributed by atoms with E-state index in [1.807, 2.05) is 0 Å². The number of esters is 1. The van der Waals surface area contributed by atoms with Crippen LogP contribution in [0.1, 0.15) is 6.92 Å². The maximum atomic E-state index is 11.2. The third-order valence-corrected chi connectivity index (χ3v) is 2.64. The zero-order valence-corrected chi connectivity index (χ0v) is 11.8. The Kier molecular flexibility index (Phi) is 4.52. The van der Waals surface area contributed by atoms with Crippen LogP contribution in [-0.4, -0.2) is 38.9 Å². The van der Waals surface area contributed by atoms with Crippen LogP contribution < -0.4 is 4.74 Å². The van der Waals surface area contributed by atoms with Gasteiger partial charge in [-0.15, -0.1) is 5.10 Å². The van der Waals surface area contributed by atoms with E-state index < -0.39 is 5.97 Å².